The van der Waals surface area contributed by atoms with E-state index in [2.05, 4.69) is 26.0 Å². The van der Waals surface area contributed by atoms with Gasteiger partial charge in [0.05, 0.1) is 5.92 Å². The van der Waals surface area contributed by atoms with Crippen LogP contribution in [0.15, 0.2) is 72.8 Å². The van der Waals surface area contributed by atoms with Crippen LogP contribution in [0.4, 0.5) is 5.69 Å². The zero-order valence-corrected chi connectivity index (χ0v) is 19.1. The lowest BCUT2D eigenvalue weighted by molar-refractivity contribution is -0.139. The van der Waals surface area contributed by atoms with Crippen LogP contribution in [0.5, 0.6) is 5.75 Å². The van der Waals surface area contributed by atoms with Crippen LogP contribution in [-0.2, 0) is 15.0 Å². The zero-order valence-electron chi connectivity index (χ0n) is 19.1. The Morgan fingerprint density at radius 1 is 0.906 bits per heavy atom. The Morgan fingerprint density at radius 3 is 2.25 bits per heavy atom. The molecule has 4 heteroatoms. The number of hydrogen-bond acceptors (Lipinski definition) is 3. The summed E-state index contributed by atoms with van der Waals surface area (Å²) in [5.74, 6) is -0.370. The van der Waals surface area contributed by atoms with E-state index in [1.54, 1.807) is 4.90 Å². The maximum absolute atomic E-state index is 12.8. The molecule has 0 spiro atoms. The first-order valence-corrected chi connectivity index (χ1v) is 11.0. The number of hydrogen-bond donors (Lipinski definition) is 0. The maximum Gasteiger partial charge on any atom is 0.316 e. The molecule has 0 aliphatic carbocycles. The van der Waals surface area contributed by atoms with Gasteiger partial charge in [0, 0.05) is 24.1 Å². The standard InChI is InChI=1S/C28H29NO3/c1-19-9-8-12-25(20(19)2)29-18-21(17-26(29)30)27(31)32-24-15-13-23(14-16-24)28(3,4)22-10-6-5-7-11-22/h5-16,21H,17-18H2,1-4H3/t21-/m0/s1. The quantitative estimate of drug-likeness (QED) is 0.394. The molecule has 0 aromatic heterocycles. The summed E-state index contributed by atoms with van der Waals surface area (Å²) in [6, 6.07) is 23.9. The van der Waals surface area contributed by atoms with Gasteiger partial charge in [0.2, 0.25) is 5.91 Å². The van der Waals surface area contributed by atoms with Gasteiger partial charge in [-0.15, -0.1) is 0 Å². The van der Waals surface area contributed by atoms with Crippen molar-refractivity contribution in [2.75, 3.05) is 11.4 Å². The molecule has 0 N–H and O–H groups in total. The molecule has 4 nitrogen and oxygen atoms in total. The molecule has 0 radical (unpaired) electrons. The van der Waals surface area contributed by atoms with Gasteiger partial charge in [0.15, 0.2) is 0 Å². The number of ether oxygens (including phenoxy) is 1. The fourth-order valence-corrected chi connectivity index (χ4v) is 4.29. The van der Waals surface area contributed by atoms with E-state index in [0.29, 0.717) is 12.3 Å². The molecular weight excluding hydrogens is 398 g/mol. The van der Waals surface area contributed by atoms with Crippen LogP contribution in [0.3, 0.4) is 0 Å². The highest BCUT2D eigenvalue weighted by Crippen LogP contribution is 2.33. The summed E-state index contributed by atoms with van der Waals surface area (Å²) in [7, 11) is 0. The minimum absolute atomic E-state index is 0.0411. The summed E-state index contributed by atoms with van der Waals surface area (Å²) in [5, 5.41) is 0. The van der Waals surface area contributed by atoms with E-state index in [0.717, 1.165) is 22.4 Å². The van der Waals surface area contributed by atoms with Crippen LogP contribution < -0.4 is 9.64 Å². The third kappa shape index (κ3) is 4.18. The second kappa shape index (κ2) is 8.62. The van der Waals surface area contributed by atoms with E-state index in [-0.39, 0.29) is 23.7 Å². The number of anilines is 1. The van der Waals surface area contributed by atoms with Crippen LogP contribution in [0, 0.1) is 19.8 Å². The minimum atomic E-state index is -0.470. The minimum Gasteiger partial charge on any atom is -0.426 e. The van der Waals surface area contributed by atoms with Gasteiger partial charge < -0.3 is 9.64 Å². The molecule has 1 saturated heterocycles. The lowest BCUT2D eigenvalue weighted by Gasteiger charge is -2.26. The van der Waals surface area contributed by atoms with Crippen LogP contribution in [0.25, 0.3) is 0 Å². The molecule has 1 heterocycles. The van der Waals surface area contributed by atoms with E-state index in [1.165, 1.54) is 5.56 Å². The van der Waals surface area contributed by atoms with Crippen molar-refractivity contribution in [3.05, 3.63) is 95.1 Å². The van der Waals surface area contributed by atoms with E-state index < -0.39 is 5.92 Å². The Hall–Kier alpha value is -3.40. The first-order valence-electron chi connectivity index (χ1n) is 11.0. The van der Waals surface area contributed by atoms with Gasteiger partial charge in [0.1, 0.15) is 5.75 Å². The summed E-state index contributed by atoms with van der Waals surface area (Å²) in [6.07, 6.45) is 0.172. The van der Waals surface area contributed by atoms with Crippen molar-refractivity contribution < 1.29 is 14.3 Å². The molecule has 0 unspecified atom stereocenters. The molecular formula is C28H29NO3. The van der Waals surface area contributed by atoms with Crippen molar-refractivity contribution in [3.63, 3.8) is 0 Å². The highest BCUT2D eigenvalue weighted by Gasteiger charge is 2.37. The fourth-order valence-electron chi connectivity index (χ4n) is 4.29. The molecule has 1 aliphatic rings. The van der Waals surface area contributed by atoms with Crippen molar-refractivity contribution in [3.8, 4) is 5.75 Å². The Kier molecular flexibility index (Phi) is 5.88. The van der Waals surface area contributed by atoms with Crippen molar-refractivity contribution in [1.29, 1.82) is 0 Å². The molecule has 1 aliphatic heterocycles. The molecule has 0 saturated carbocycles. The number of benzene rings is 3. The summed E-state index contributed by atoms with van der Waals surface area (Å²) in [5.41, 5.74) is 5.26. The number of carbonyl (C=O) groups excluding carboxylic acids is 2. The lowest BCUT2D eigenvalue weighted by atomic mass is 9.78. The number of carbonyl (C=O) groups is 2. The first kappa shape index (κ1) is 21.8. The van der Waals surface area contributed by atoms with Crippen LogP contribution >= 0.6 is 0 Å². The van der Waals surface area contributed by atoms with E-state index in [4.69, 9.17) is 4.74 Å². The second-order valence-corrected chi connectivity index (χ2v) is 9.06. The SMILES string of the molecule is Cc1cccc(N2C[C@@H](C(=O)Oc3ccc(C(C)(C)c4ccccc4)cc3)CC2=O)c1C. The number of nitrogens with zero attached hydrogens (tertiary/aromatic N) is 1. The van der Waals surface area contributed by atoms with Crippen LogP contribution in [0.2, 0.25) is 0 Å². The average Bonchev–Trinajstić information content (AvgIpc) is 3.18. The highest BCUT2D eigenvalue weighted by molar-refractivity contribution is 6.00. The third-order valence-corrected chi connectivity index (χ3v) is 6.62. The Labute approximate surface area is 189 Å². The van der Waals surface area contributed by atoms with Gasteiger partial charge >= 0.3 is 5.97 Å². The molecule has 3 aromatic carbocycles. The Balaban J connectivity index is 1.44. The zero-order chi connectivity index (χ0) is 22.9. The summed E-state index contributed by atoms with van der Waals surface area (Å²) in [6.45, 7) is 8.72. The van der Waals surface area contributed by atoms with Gasteiger partial charge in [0.25, 0.3) is 0 Å². The van der Waals surface area contributed by atoms with Crippen molar-refractivity contribution >= 4 is 17.6 Å². The molecule has 1 amide bonds. The molecule has 1 fully saturated rings. The smallest absolute Gasteiger partial charge is 0.316 e. The summed E-state index contributed by atoms with van der Waals surface area (Å²) >= 11 is 0. The number of amides is 1. The average molecular weight is 428 g/mol. The lowest BCUT2D eigenvalue weighted by Crippen LogP contribution is -2.28. The monoisotopic (exact) mass is 427 g/mol. The number of rotatable bonds is 5. The van der Waals surface area contributed by atoms with Crippen LogP contribution in [-0.4, -0.2) is 18.4 Å². The van der Waals surface area contributed by atoms with Crippen molar-refractivity contribution in [1.82, 2.24) is 0 Å². The van der Waals surface area contributed by atoms with Gasteiger partial charge in [-0.2, -0.15) is 0 Å². The largest absolute Gasteiger partial charge is 0.426 e. The van der Waals surface area contributed by atoms with Crippen molar-refractivity contribution in [2.45, 2.75) is 39.5 Å². The third-order valence-electron chi connectivity index (χ3n) is 6.62. The van der Waals surface area contributed by atoms with Crippen LogP contribution in [0.1, 0.15) is 42.5 Å². The fraction of sp³-hybridized carbons (Fsp3) is 0.286. The summed E-state index contributed by atoms with van der Waals surface area (Å²) < 4.78 is 5.64. The molecule has 0 bridgehead atoms. The normalized spacial score (nSPS) is 16.3. The van der Waals surface area contributed by atoms with Gasteiger partial charge in [-0.3, -0.25) is 9.59 Å². The predicted octanol–water partition coefficient (Wildman–Crippen LogP) is 5.59. The first-order chi connectivity index (χ1) is 15.3. The van der Waals surface area contributed by atoms with E-state index in [9.17, 15) is 9.59 Å². The Bertz CT molecular complexity index is 1130. The molecule has 3 aromatic rings. The maximum atomic E-state index is 12.8. The van der Waals surface area contributed by atoms with E-state index in [1.807, 2.05) is 74.5 Å². The van der Waals surface area contributed by atoms with Gasteiger partial charge in [-0.1, -0.05) is 68.4 Å². The predicted molar refractivity (Wildman–Crippen MR) is 127 cm³/mol. The topological polar surface area (TPSA) is 46.6 Å². The van der Waals surface area contributed by atoms with E-state index >= 15 is 0 Å². The molecule has 32 heavy (non-hydrogen) atoms. The Morgan fingerprint density at radius 2 is 1.56 bits per heavy atom. The number of aryl methyl sites for hydroxylation is 1. The molecule has 164 valence electrons. The highest BCUT2D eigenvalue weighted by atomic mass is 16.5. The van der Waals surface area contributed by atoms with Gasteiger partial charge in [-0.05, 0) is 54.3 Å². The summed E-state index contributed by atoms with van der Waals surface area (Å²) in [4.78, 5) is 27.1. The molecule has 1 atom stereocenters. The number of esters is 1. The molecule has 4 rings (SSSR count). The van der Waals surface area contributed by atoms with Gasteiger partial charge in [-0.25, -0.2) is 0 Å². The van der Waals surface area contributed by atoms with Crippen molar-refractivity contribution in [2.24, 2.45) is 5.92 Å². The second-order valence-electron chi connectivity index (χ2n) is 9.06.